The molecule has 2 aromatic rings. The van der Waals surface area contributed by atoms with E-state index in [4.69, 9.17) is 0 Å². The molecule has 0 saturated heterocycles. The first-order valence-electron chi connectivity index (χ1n) is 4.24. The third-order valence-corrected chi connectivity index (χ3v) is 2.47. The van der Waals surface area contributed by atoms with Gasteiger partial charge in [0.1, 0.15) is 0 Å². The molecule has 86 valence electrons. The van der Waals surface area contributed by atoms with Crippen LogP contribution in [0.4, 0.5) is 17.6 Å². The second-order valence-corrected chi connectivity index (χ2v) is 3.89. The van der Waals surface area contributed by atoms with Crippen LogP contribution in [0.15, 0.2) is 16.9 Å². The summed E-state index contributed by atoms with van der Waals surface area (Å²) < 4.78 is 50.4. The number of aromatic nitrogens is 2. The molecule has 0 fully saturated rings. The minimum Gasteiger partial charge on any atom is -0.332 e. The topological polar surface area (TPSA) is 28.7 Å². The van der Waals surface area contributed by atoms with Gasteiger partial charge < -0.3 is 4.98 Å². The molecule has 2 nitrogen and oxygen atoms in total. The van der Waals surface area contributed by atoms with Crippen LogP contribution in [0.25, 0.3) is 11.0 Å². The molecule has 0 aliphatic heterocycles. The van der Waals surface area contributed by atoms with Crippen LogP contribution in [0.5, 0.6) is 0 Å². The standard InChI is InChI=1S/C9H5BrF4N2/c10-9-15-5-2-3(7(11)12)1-4(8(13)14)6(5)16-9/h1-2,7-8H,(H,15,16). The zero-order valence-electron chi connectivity index (χ0n) is 7.65. The van der Waals surface area contributed by atoms with E-state index < -0.39 is 24.0 Å². The Bertz CT molecular complexity index is 523. The molecule has 0 atom stereocenters. The second kappa shape index (κ2) is 4.04. The molecule has 7 heteroatoms. The fourth-order valence-electron chi connectivity index (χ4n) is 1.43. The highest BCUT2D eigenvalue weighted by Crippen LogP contribution is 2.32. The predicted molar refractivity (Wildman–Crippen MR) is 53.7 cm³/mol. The summed E-state index contributed by atoms with van der Waals surface area (Å²) >= 11 is 2.97. The lowest BCUT2D eigenvalue weighted by molar-refractivity contribution is 0.145. The van der Waals surface area contributed by atoms with E-state index in [0.29, 0.717) is 0 Å². The first kappa shape index (κ1) is 11.4. The third-order valence-electron chi connectivity index (χ3n) is 2.10. The highest BCUT2D eigenvalue weighted by Gasteiger charge is 2.19. The van der Waals surface area contributed by atoms with Gasteiger partial charge in [-0.2, -0.15) is 0 Å². The van der Waals surface area contributed by atoms with Gasteiger partial charge in [0.05, 0.1) is 11.0 Å². The predicted octanol–water partition coefficient (Wildman–Crippen LogP) is 4.20. The Morgan fingerprint density at radius 1 is 1.12 bits per heavy atom. The van der Waals surface area contributed by atoms with Crippen LogP contribution in [0.3, 0.4) is 0 Å². The molecular formula is C9H5BrF4N2. The SMILES string of the molecule is FC(F)c1cc(C(F)F)c2nc(Br)[nH]c2c1. The number of aromatic amines is 1. The van der Waals surface area contributed by atoms with E-state index in [2.05, 4.69) is 25.9 Å². The largest absolute Gasteiger partial charge is 0.332 e. The van der Waals surface area contributed by atoms with E-state index >= 15 is 0 Å². The normalized spacial score (nSPS) is 11.9. The molecule has 0 saturated carbocycles. The summed E-state index contributed by atoms with van der Waals surface area (Å²) in [5, 5.41) is 0. The van der Waals surface area contributed by atoms with Crippen molar-refractivity contribution in [2.24, 2.45) is 0 Å². The zero-order valence-corrected chi connectivity index (χ0v) is 9.23. The molecule has 0 aliphatic rings. The Balaban J connectivity index is 2.73. The second-order valence-electron chi connectivity index (χ2n) is 3.14. The number of alkyl halides is 4. The molecule has 0 radical (unpaired) electrons. The zero-order chi connectivity index (χ0) is 11.9. The average molecular weight is 297 g/mol. The van der Waals surface area contributed by atoms with E-state index in [0.717, 1.165) is 12.1 Å². The van der Waals surface area contributed by atoms with Crippen molar-refractivity contribution >= 4 is 27.0 Å². The minimum absolute atomic E-state index is 0.00581. The van der Waals surface area contributed by atoms with E-state index in [9.17, 15) is 17.6 Å². The van der Waals surface area contributed by atoms with E-state index in [1.807, 2.05) is 0 Å². The van der Waals surface area contributed by atoms with Gasteiger partial charge in [-0.05, 0) is 28.1 Å². The summed E-state index contributed by atoms with van der Waals surface area (Å²) in [5.74, 6) is 0. The van der Waals surface area contributed by atoms with Crippen LogP contribution in [0, 0.1) is 0 Å². The van der Waals surface area contributed by atoms with Gasteiger partial charge in [-0.25, -0.2) is 22.5 Å². The lowest BCUT2D eigenvalue weighted by Gasteiger charge is -2.04. The molecule has 16 heavy (non-hydrogen) atoms. The van der Waals surface area contributed by atoms with Crippen LogP contribution in [-0.4, -0.2) is 9.97 Å². The van der Waals surface area contributed by atoms with Crippen molar-refractivity contribution in [3.05, 3.63) is 28.0 Å². The highest BCUT2D eigenvalue weighted by molar-refractivity contribution is 9.10. The summed E-state index contributed by atoms with van der Waals surface area (Å²) in [6.07, 6.45) is -5.62. The maximum Gasteiger partial charge on any atom is 0.266 e. The van der Waals surface area contributed by atoms with Crippen molar-refractivity contribution in [2.45, 2.75) is 12.9 Å². The molecule has 2 rings (SSSR count). The van der Waals surface area contributed by atoms with Crippen molar-refractivity contribution < 1.29 is 17.6 Å². The van der Waals surface area contributed by atoms with Crippen molar-refractivity contribution in [1.29, 1.82) is 0 Å². The van der Waals surface area contributed by atoms with Crippen LogP contribution in [0.2, 0.25) is 0 Å². The molecule has 0 amide bonds. The number of fused-ring (bicyclic) bond motifs is 1. The Kier molecular flexibility index (Phi) is 2.88. The Morgan fingerprint density at radius 3 is 2.38 bits per heavy atom. The summed E-state index contributed by atoms with van der Waals surface area (Å²) in [6, 6.07) is 1.90. The number of halogens is 5. The van der Waals surface area contributed by atoms with Gasteiger partial charge in [0.2, 0.25) is 0 Å². The summed E-state index contributed by atoms with van der Waals surface area (Å²) in [7, 11) is 0. The highest BCUT2D eigenvalue weighted by atomic mass is 79.9. The molecular weight excluding hydrogens is 292 g/mol. The quantitative estimate of drug-likeness (QED) is 0.827. The number of imidazole rings is 1. The molecule has 0 unspecified atom stereocenters. The van der Waals surface area contributed by atoms with E-state index in [1.165, 1.54) is 0 Å². The van der Waals surface area contributed by atoms with E-state index in [1.54, 1.807) is 0 Å². The van der Waals surface area contributed by atoms with Gasteiger partial charge in [0.25, 0.3) is 12.9 Å². The number of benzene rings is 1. The summed E-state index contributed by atoms with van der Waals surface area (Å²) in [5.41, 5.74) is -0.764. The Morgan fingerprint density at radius 2 is 1.81 bits per heavy atom. The fourth-order valence-corrected chi connectivity index (χ4v) is 1.82. The molecule has 1 N–H and O–H groups in total. The number of hydrogen-bond donors (Lipinski definition) is 1. The molecule has 0 spiro atoms. The Labute approximate surface area is 95.8 Å². The van der Waals surface area contributed by atoms with Crippen LogP contribution >= 0.6 is 15.9 Å². The molecule has 1 aromatic carbocycles. The van der Waals surface area contributed by atoms with Gasteiger partial charge in [-0.3, -0.25) is 0 Å². The van der Waals surface area contributed by atoms with Crippen molar-refractivity contribution in [3.63, 3.8) is 0 Å². The molecule has 0 aliphatic carbocycles. The smallest absolute Gasteiger partial charge is 0.266 e. The van der Waals surface area contributed by atoms with Gasteiger partial charge in [0.15, 0.2) is 4.73 Å². The third kappa shape index (κ3) is 1.91. The van der Waals surface area contributed by atoms with Crippen molar-refractivity contribution in [2.75, 3.05) is 0 Å². The molecule has 1 heterocycles. The Hall–Kier alpha value is -1.11. The maximum absolute atomic E-state index is 12.6. The van der Waals surface area contributed by atoms with Crippen LogP contribution < -0.4 is 0 Å². The summed E-state index contributed by atoms with van der Waals surface area (Å²) in [6.45, 7) is 0. The molecule has 1 aromatic heterocycles. The van der Waals surface area contributed by atoms with Gasteiger partial charge in [-0.15, -0.1) is 0 Å². The minimum atomic E-state index is -2.84. The van der Waals surface area contributed by atoms with Gasteiger partial charge in [-0.1, -0.05) is 0 Å². The first-order chi connectivity index (χ1) is 7.49. The van der Waals surface area contributed by atoms with Crippen LogP contribution in [-0.2, 0) is 0 Å². The van der Waals surface area contributed by atoms with Gasteiger partial charge in [0, 0.05) is 11.1 Å². The maximum atomic E-state index is 12.6. The van der Waals surface area contributed by atoms with Crippen molar-refractivity contribution in [3.8, 4) is 0 Å². The number of nitrogens with one attached hydrogen (secondary N) is 1. The lowest BCUT2D eigenvalue weighted by atomic mass is 10.1. The lowest BCUT2D eigenvalue weighted by Crippen LogP contribution is -1.92. The number of rotatable bonds is 2. The number of H-pyrrole nitrogens is 1. The summed E-state index contributed by atoms with van der Waals surface area (Å²) in [4.78, 5) is 6.36. The van der Waals surface area contributed by atoms with E-state index in [-0.39, 0.29) is 15.8 Å². The molecule has 0 bridgehead atoms. The van der Waals surface area contributed by atoms with Crippen LogP contribution in [0.1, 0.15) is 24.0 Å². The van der Waals surface area contributed by atoms with Crippen molar-refractivity contribution in [1.82, 2.24) is 9.97 Å². The first-order valence-corrected chi connectivity index (χ1v) is 5.03. The van der Waals surface area contributed by atoms with Gasteiger partial charge >= 0.3 is 0 Å². The average Bonchev–Trinajstić information content (AvgIpc) is 2.55. The number of hydrogen-bond acceptors (Lipinski definition) is 1. The monoisotopic (exact) mass is 296 g/mol. The fraction of sp³-hybridized carbons (Fsp3) is 0.222. The number of nitrogens with zero attached hydrogens (tertiary/aromatic N) is 1.